The Kier molecular flexibility index (Phi) is 2.92. The molecule has 0 aliphatic heterocycles. The minimum atomic E-state index is -4.52. The predicted octanol–water partition coefficient (Wildman–Crippen LogP) is 2.40. The Bertz CT molecular complexity index is 349. The normalized spacial score (nSPS) is 11.8. The van der Waals surface area contributed by atoms with Gasteiger partial charge in [0.15, 0.2) is 0 Å². The molecule has 0 aromatic heterocycles. The second-order valence-corrected chi connectivity index (χ2v) is 3.10. The van der Waals surface area contributed by atoms with Crippen LogP contribution in [0.15, 0.2) is 12.1 Å². The van der Waals surface area contributed by atoms with Crippen molar-refractivity contribution in [3.8, 4) is 0 Å². The molecule has 0 aliphatic carbocycles. The van der Waals surface area contributed by atoms with Crippen molar-refractivity contribution in [2.24, 2.45) is 5.73 Å². The van der Waals surface area contributed by atoms with Crippen LogP contribution >= 0.6 is 11.6 Å². The summed E-state index contributed by atoms with van der Waals surface area (Å²) in [5, 5.41) is -0.0194. The van der Waals surface area contributed by atoms with E-state index in [1.54, 1.807) is 0 Å². The first-order chi connectivity index (χ1) is 6.38. The number of rotatable bonds is 1. The number of nitrogens with two attached hydrogens (primary N) is 2. The SMILES string of the molecule is NCc1c(Cl)ccc(N)c1C(F)(F)F. The maximum Gasteiger partial charge on any atom is 0.418 e. The smallest absolute Gasteiger partial charge is 0.398 e. The summed E-state index contributed by atoms with van der Waals surface area (Å²) in [7, 11) is 0. The molecule has 0 aliphatic rings. The summed E-state index contributed by atoms with van der Waals surface area (Å²) >= 11 is 5.57. The Morgan fingerprint density at radius 3 is 2.21 bits per heavy atom. The standard InChI is InChI=1S/C8H8ClF3N2/c9-5-1-2-6(14)7(4(5)3-13)8(10,11)12/h1-2H,3,13-14H2. The van der Waals surface area contributed by atoms with Gasteiger partial charge in [-0.2, -0.15) is 13.2 Å². The van der Waals surface area contributed by atoms with Gasteiger partial charge in [-0.05, 0) is 17.7 Å². The van der Waals surface area contributed by atoms with Gasteiger partial charge < -0.3 is 11.5 Å². The summed E-state index contributed by atoms with van der Waals surface area (Å²) < 4.78 is 37.4. The van der Waals surface area contributed by atoms with Crippen LogP contribution in [0.5, 0.6) is 0 Å². The van der Waals surface area contributed by atoms with Crippen LogP contribution in [0.4, 0.5) is 18.9 Å². The van der Waals surface area contributed by atoms with Gasteiger partial charge in [0.2, 0.25) is 0 Å². The van der Waals surface area contributed by atoms with E-state index in [9.17, 15) is 13.2 Å². The molecular formula is C8H8ClF3N2. The van der Waals surface area contributed by atoms with Crippen molar-refractivity contribution < 1.29 is 13.2 Å². The molecule has 4 N–H and O–H groups in total. The van der Waals surface area contributed by atoms with Crippen molar-refractivity contribution in [1.82, 2.24) is 0 Å². The van der Waals surface area contributed by atoms with Crippen molar-refractivity contribution in [3.05, 3.63) is 28.3 Å². The van der Waals surface area contributed by atoms with Gasteiger partial charge in [0.25, 0.3) is 0 Å². The molecule has 78 valence electrons. The lowest BCUT2D eigenvalue weighted by molar-refractivity contribution is -0.137. The third kappa shape index (κ3) is 1.93. The maximum absolute atomic E-state index is 12.5. The lowest BCUT2D eigenvalue weighted by atomic mass is 10.1. The van der Waals surface area contributed by atoms with Crippen LogP contribution in [0, 0.1) is 0 Å². The average molecular weight is 225 g/mol. The molecule has 6 heteroatoms. The maximum atomic E-state index is 12.5. The van der Waals surface area contributed by atoms with Gasteiger partial charge in [-0.1, -0.05) is 11.6 Å². The van der Waals surface area contributed by atoms with Gasteiger partial charge >= 0.3 is 6.18 Å². The largest absolute Gasteiger partial charge is 0.418 e. The van der Waals surface area contributed by atoms with Gasteiger partial charge in [0.1, 0.15) is 0 Å². The number of halogens is 4. The number of hydrogen-bond donors (Lipinski definition) is 2. The Morgan fingerprint density at radius 2 is 1.86 bits per heavy atom. The van der Waals surface area contributed by atoms with E-state index in [-0.39, 0.29) is 22.8 Å². The Hall–Kier alpha value is -0.940. The zero-order valence-electron chi connectivity index (χ0n) is 7.03. The molecule has 0 amide bonds. The van der Waals surface area contributed by atoms with Crippen LogP contribution in [-0.2, 0) is 12.7 Å². The lowest BCUT2D eigenvalue weighted by Gasteiger charge is -2.15. The van der Waals surface area contributed by atoms with Crippen LogP contribution < -0.4 is 11.5 Å². The fourth-order valence-corrected chi connectivity index (χ4v) is 1.41. The number of nitrogen functional groups attached to an aromatic ring is 1. The highest BCUT2D eigenvalue weighted by atomic mass is 35.5. The van der Waals surface area contributed by atoms with E-state index in [1.807, 2.05) is 0 Å². The molecule has 1 aromatic carbocycles. The van der Waals surface area contributed by atoms with Gasteiger partial charge in [-0.3, -0.25) is 0 Å². The highest BCUT2D eigenvalue weighted by molar-refractivity contribution is 6.31. The van der Waals surface area contributed by atoms with Gasteiger partial charge in [0.05, 0.1) is 5.56 Å². The van der Waals surface area contributed by atoms with Crippen molar-refractivity contribution in [2.45, 2.75) is 12.7 Å². The van der Waals surface area contributed by atoms with Crippen LogP contribution in [0.3, 0.4) is 0 Å². The summed E-state index contributed by atoms with van der Waals surface area (Å²) in [5.41, 5.74) is 8.93. The summed E-state index contributed by atoms with van der Waals surface area (Å²) in [6.45, 7) is -0.293. The first-order valence-corrected chi connectivity index (χ1v) is 4.10. The minimum absolute atomic E-state index is 0.0194. The van der Waals surface area contributed by atoms with Crippen molar-refractivity contribution in [2.75, 3.05) is 5.73 Å². The van der Waals surface area contributed by atoms with E-state index < -0.39 is 11.7 Å². The highest BCUT2D eigenvalue weighted by Crippen LogP contribution is 2.38. The second-order valence-electron chi connectivity index (χ2n) is 2.69. The van der Waals surface area contributed by atoms with E-state index >= 15 is 0 Å². The first kappa shape index (κ1) is 11.1. The third-order valence-corrected chi connectivity index (χ3v) is 2.13. The summed E-state index contributed by atoms with van der Waals surface area (Å²) in [4.78, 5) is 0. The average Bonchev–Trinajstić information content (AvgIpc) is 2.06. The van der Waals surface area contributed by atoms with E-state index in [1.165, 1.54) is 6.07 Å². The Labute approximate surface area is 83.6 Å². The molecule has 0 spiro atoms. The van der Waals surface area contributed by atoms with E-state index in [2.05, 4.69) is 0 Å². The van der Waals surface area contributed by atoms with Crippen LogP contribution in [-0.4, -0.2) is 0 Å². The molecular weight excluding hydrogens is 217 g/mol. The Morgan fingerprint density at radius 1 is 1.29 bits per heavy atom. The highest BCUT2D eigenvalue weighted by Gasteiger charge is 2.36. The minimum Gasteiger partial charge on any atom is -0.398 e. The quantitative estimate of drug-likeness (QED) is 0.720. The first-order valence-electron chi connectivity index (χ1n) is 3.72. The van der Waals surface area contributed by atoms with E-state index in [0.29, 0.717) is 0 Å². The van der Waals surface area contributed by atoms with Gasteiger partial charge in [-0.25, -0.2) is 0 Å². The number of benzene rings is 1. The topological polar surface area (TPSA) is 52.0 Å². The molecule has 0 fully saturated rings. The molecule has 0 heterocycles. The molecule has 1 rings (SSSR count). The zero-order chi connectivity index (χ0) is 10.9. The molecule has 1 aromatic rings. The molecule has 0 bridgehead atoms. The lowest BCUT2D eigenvalue weighted by Crippen LogP contribution is -2.15. The van der Waals surface area contributed by atoms with Gasteiger partial charge in [0, 0.05) is 17.3 Å². The third-order valence-electron chi connectivity index (χ3n) is 1.78. The number of hydrogen-bond acceptors (Lipinski definition) is 2. The molecule has 0 atom stereocenters. The van der Waals surface area contributed by atoms with E-state index in [0.717, 1.165) is 6.07 Å². The van der Waals surface area contributed by atoms with Crippen molar-refractivity contribution in [3.63, 3.8) is 0 Å². The molecule has 0 unspecified atom stereocenters. The zero-order valence-corrected chi connectivity index (χ0v) is 7.78. The number of alkyl halides is 3. The Balaban J connectivity index is 3.46. The van der Waals surface area contributed by atoms with Crippen LogP contribution in [0.25, 0.3) is 0 Å². The fourth-order valence-electron chi connectivity index (χ4n) is 1.17. The molecule has 0 saturated carbocycles. The molecule has 14 heavy (non-hydrogen) atoms. The molecule has 2 nitrogen and oxygen atoms in total. The summed E-state index contributed by atoms with van der Waals surface area (Å²) in [6, 6.07) is 2.42. The molecule has 0 saturated heterocycles. The van der Waals surface area contributed by atoms with E-state index in [4.69, 9.17) is 23.1 Å². The molecule has 0 radical (unpaired) electrons. The number of anilines is 1. The predicted molar refractivity (Wildman–Crippen MR) is 48.8 cm³/mol. The van der Waals surface area contributed by atoms with Gasteiger partial charge in [-0.15, -0.1) is 0 Å². The van der Waals surface area contributed by atoms with Crippen LogP contribution in [0.2, 0.25) is 5.02 Å². The van der Waals surface area contributed by atoms with Crippen molar-refractivity contribution in [1.29, 1.82) is 0 Å². The summed E-state index contributed by atoms with van der Waals surface area (Å²) in [5.74, 6) is 0. The second kappa shape index (κ2) is 3.67. The van der Waals surface area contributed by atoms with Crippen LogP contribution in [0.1, 0.15) is 11.1 Å². The summed E-state index contributed by atoms with van der Waals surface area (Å²) in [6.07, 6.45) is -4.52. The fraction of sp³-hybridized carbons (Fsp3) is 0.250. The monoisotopic (exact) mass is 224 g/mol. The van der Waals surface area contributed by atoms with Crippen molar-refractivity contribution >= 4 is 17.3 Å².